The number of amides is 1. The zero-order valence-electron chi connectivity index (χ0n) is 15.8. The molecule has 1 amide bonds. The predicted molar refractivity (Wildman–Crippen MR) is 101 cm³/mol. The minimum absolute atomic E-state index is 0.0216. The largest absolute Gasteiger partial charge is 0.334 e. The fraction of sp³-hybridized carbons (Fsp3) is 0.667. The molecule has 0 bridgehead atoms. The molecule has 0 aliphatic carbocycles. The molecule has 2 atom stereocenters. The molecule has 2 aliphatic heterocycles. The third-order valence-corrected chi connectivity index (χ3v) is 6.97. The zero-order valence-corrected chi connectivity index (χ0v) is 16.6. The van der Waals surface area contributed by atoms with E-state index in [9.17, 15) is 13.2 Å². The Hall–Kier alpha value is -1.67. The maximum atomic E-state index is 12.9. The number of imidazole rings is 1. The van der Waals surface area contributed by atoms with Crippen molar-refractivity contribution < 1.29 is 13.2 Å². The minimum Gasteiger partial charge on any atom is -0.334 e. The van der Waals surface area contributed by atoms with E-state index < -0.39 is 9.84 Å². The second-order valence-electron chi connectivity index (χ2n) is 7.40. The number of piperazine rings is 1. The van der Waals surface area contributed by atoms with Crippen LogP contribution in [0.2, 0.25) is 0 Å². The Morgan fingerprint density at radius 1 is 1.27 bits per heavy atom. The molecule has 0 spiro atoms. The molecule has 2 fully saturated rings. The van der Waals surface area contributed by atoms with E-state index in [-0.39, 0.29) is 36.0 Å². The van der Waals surface area contributed by atoms with Gasteiger partial charge < -0.3 is 9.47 Å². The first-order chi connectivity index (χ1) is 12.3. The number of hydrogen-bond acceptors (Lipinski definition) is 5. The lowest BCUT2D eigenvalue weighted by molar-refractivity contribution is -0.137. The van der Waals surface area contributed by atoms with Crippen LogP contribution in [-0.2, 0) is 27.6 Å². The highest BCUT2D eigenvalue weighted by Crippen LogP contribution is 2.27. The predicted octanol–water partition coefficient (Wildman–Crippen LogP) is 0.722. The van der Waals surface area contributed by atoms with E-state index in [1.165, 1.54) is 5.57 Å². The maximum absolute atomic E-state index is 12.9. The van der Waals surface area contributed by atoms with E-state index in [1.807, 2.05) is 31.5 Å². The molecule has 2 saturated heterocycles. The lowest BCUT2D eigenvalue weighted by Gasteiger charge is -2.43. The lowest BCUT2D eigenvalue weighted by Crippen LogP contribution is -2.61. The average Bonchev–Trinajstić information content (AvgIpc) is 3.14. The van der Waals surface area contributed by atoms with Crippen molar-refractivity contribution in [1.82, 2.24) is 19.4 Å². The summed E-state index contributed by atoms with van der Waals surface area (Å²) in [5.74, 6) is 1.06. The summed E-state index contributed by atoms with van der Waals surface area (Å²) in [4.78, 5) is 21.2. The van der Waals surface area contributed by atoms with Crippen LogP contribution in [0.25, 0.3) is 0 Å². The van der Waals surface area contributed by atoms with Crippen molar-refractivity contribution in [1.29, 1.82) is 0 Å². The smallest absolute Gasteiger partial charge is 0.242 e. The number of fused-ring (bicyclic) bond motifs is 1. The van der Waals surface area contributed by atoms with Crippen LogP contribution in [0, 0.1) is 0 Å². The van der Waals surface area contributed by atoms with Crippen molar-refractivity contribution in [3.8, 4) is 0 Å². The highest BCUT2D eigenvalue weighted by molar-refractivity contribution is 7.91. The summed E-state index contributed by atoms with van der Waals surface area (Å²) in [6.45, 7) is 8.32. The SMILES string of the molecule is CCc1nccn1CC(=O)N1CCN(CC=C(C)C)C2CS(=O)(=O)CC21. The molecular formula is C18H28N4O3S. The number of carbonyl (C=O) groups is 1. The molecule has 3 rings (SSSR count). The van der Waals surface area contributed by atoms with Crippen LogP contribution < -0.4 is 0 Å². The minimum atomic E-state index is -3.12. The second kappa shape index (κ2) is 7.52. The Morgan fingerprint density at radius 2 is 2.00 bits per heavy atom. The molecule has 0 radical (unpaired) electrons. The number of sulfone groups is 1. The van der Waals surface area contributed by atoms with Gasteiger partial charge in [-0.05, 0) is 13.8 Å². The van der Waals surface area contributed by atoms with Gasteiger partial charge in [-0.2, -0.15) is 0 Å². The molecule has 2 aliphatic rings. The molecule has 0 N–H and O–H groups in total. The zero-order chi connectivity index (χ0) is 18.9. The van der Waals surface area contributed by atoms with Crippen LogP contribution in [0.5, 0.6) is 0 Å². The van der Waals surface area contributed by atoms with Gasteiger partial charge in [0.1, 0.15) is 12.4 Å². The Labute approximate surface area is 155 Å². The van der Waals surface area contributed by atoms with Gasteiger partial charge in [0.05, 0.1) is 17.5 Å². The van der Waals surface area contributed by atoms with E-state index >= 15 is 0 Å². The normalized spacial score (nSPS) is 25.1. The third-order valence-electron chi connectivity index (χ3n) is 5.27. The van der Waals surface area contributed by atoms with Gasteiger partial charge in [-0.3, -0.25) is 9.69 Å². The second-order valence-corrected chi connectivity index (χ2v) is 9.55. The molecule has 2 unspecified atom stereocenters. The molecule has 144 valence electrons. The first kappa shape index (κ1) is 19.1. The van der Waals surface area contributed by atoms with Gasteiger partial charge in [0, 0.05) is 44.5 Å². The standard InChI is InChI=1S/C18H28N4O3S/c1-4-17-19-6-8-21(17)11-18(23)22-10-9-20(7-5-14(2)3)15-12-26(24,25)13-16(15)22/h5-6,8,15-16H,4,7,9-13H2,1-3H3. The molecule has 8 heteroatoms. The summed E-state index contributed by atoms with van der Waals surface area (Å²) < 4.78 is 26.4. The van der Waals surface area contributed by atoms with Gasteiger partial charge in [0.2, 0.25) is 5.91 Å². The number of carbonyl (C=O) groups excluding carboxylic acids is 1. The molecule has 26 heavy (non-hydrogen) atoms. The van der Waals surface area contributed by atoms with Crippen molar-refractivity contribution >= 4 is 15.7 Å². The summed E-state index contributed by atoms with van der Waals surface area (Å²) in [5, 5.41) is 0. The van der Waals surface area contributed by atoms with Crippen molar-refractivity contribution in [3.63, 3.8) is 0 Å². The number of rotatable bonds is 5. The Morgan fingerprint density at radius 3 is 2.69 bits per heavy atom. The maximum Gasteiger partial charge on any atom is 0.242 e. The Balaban J connectivity index is 1.77. The third kappa shape index (κ3) is 4.01. The van der Waals surface area contributed by atoms with Gasteiger partial charge >= 0.3 is 0 Å². The van der Waals surface area contributed by atoms with Crippen LogP contribution in [-0.4, -0.2) is 76.9 Å². The topological polar surface area (TPSA) is 75.5 Å². The number of hydrogen-bond donors (Lipinski definition) is 0. The first-order valence-corrected chi connectivity index (χ1v) is 11.0. The van der Waals surface area contributed by atoms with Gasteiger partial charge in [0.15, 0.2) is 9.84 Å². The fourth-order valence-corrected chi connectivity index (χ4v) is 5.91. The van der Waals surface area contributed by atoms with E-state index in [0.29, 0.717) is 13.1 Å². The summed E-state index contributed by atoms with van der Waals surface area (Å²) >= 11 is 0. The lowest BCUT2D eigenvalue weighted by atomic mass is 10.0. The number of allylic oxidation sites excluding steroid dienone is 1. The fourth-order valence-electron chi connectivity index (χ4n) is 3.90. The Bertz CT molecular complexity index is 795. The van der Waals surface area contributed by atoms with Crippen LogP contribution >= 0.6 is 0 Å². The van der Waals surface area contributed by atoms with Gasteiger partial charge in [-0.1, -0.05) is 18.6 Å². The van der Waals surface area contributed by atoms with Gasteiger partial charge in [0.25, 0.3) is 0 Å². The van der Waals surface area contributed by atoms with Crippen LogP contribution in [0.15, 0.2) is 24.0 Å². The van der Waals surface area contributed by atoms with Gasteiger partial charge in [-0.25, -0.2) is 13.4 Å². The van der Waals surface area contributed by atoms with E-state index in [0.717, 1.165) is 18.8 Å². The molecule has 7 nitrogen and oxygen atoms in total. The van der Waals surface area contributed by atoms with E-state index in [4.69, 9.17) is 0 Å². The monoisotopic (exact) mass is 380 g/mol. The molecule has 3 heterocycles. The van der Waals surface area contributed by atoms with E-state index in [2.05, 4.69) is 16.0 Å². The van der Waals surface area contributed by atoms with E-state index in [1.54, 1.807) is 11.1 Å². The van der Waals surface area contributed by atoms with Gasteiger partial charge in [-0.15, -0.1) is 0 Å². The van der Waals surface area contributed by atoms with Crippen molar-refractivity contribution in [2.45, 2.75) is 45.8 Å². The highest BCUT2D eigenvalue weighted by Gasteiger charge is 2.47. The summed E-state index contributed by atoms with van der Waals surface area (Å²) in [7, 11) is -3.12. The first-order valence-electron chi connectivity index (χ1n) is 9.18. The molecular weight excluding hydrogens is 352 g/mol. The summed E-state index contributed by atoms with van der Waals surface area (Å²) in [6, 6.07) is -0.359. The Kier molecular flexibility index (Phi) is 5.53. The quantitative estimate of drug-likeness (QED) is 0.704. The average molecular weight is 381 g/mol. The summed E-state index contributed by atoms with van der Waals surface area (Å²) in [6.07, 6.45) is 6.40. The number of aryl methyl sites for hydroxylation is 1. The molecule has 0 saturated carbocycles. The number of aromatic nitrogens is 2. The van der Waals surface area contributed by atoms with Crippen molar-refractivity contribution in [2.24, 2.45) is 0 Å². The van der Waals surface area contributed by atoms with Crippen LogP contribution in [0.3, 0.4) is 0 Å². The molecule has 1 aromatic rings. The van der Waals surface area contributed by atoms with Crippen molar-refractivity contribution in [3.05, 3.63) is 29.9 Å². The molecule has 1 aromatic heterocycles. The summed E-state index contributed by atoms with van der Waals surface area (Å²) in [5.41, 5.74) is 1.22. The van der Waals surface area contributed by atoms with Crippen molar-refractivity contribution in [2.75, 3.05) is 31.1 Å². The van der Waals surface area contributed by atoms with Crippen LogP contribution in [0.1, 0.15) is 26.6 Å². The molecule has 0 aromatic carbocycles. The highest BCUT2D eigenvalue weighted by atomic mass is 32.2. The van der Waals surface area contributed by atoms with Crippen LogP contribution in [0.4, 0.5) is 0 Å². The number of nitrogens with zero attached hydrogens (tertiary/aromatic N) is 4.